The fraction of sp³-hybridized carbons (Fsp3) is 0. The van der Waals surface area contributed by atoms with Gasteiger partial charge in [-0.2, -0.15) is 0 Å². The Morgan fingerprint density at radius 2 is 2.05 bits per heavy atom. The van der Waals surface area contributed by atoms with Gasteiger partial charge < -0.3 is 10.4 Å². The van der Waals surface area contributed by atoms with E-state index in [0.717, 1.165) is 10.0 Å². The van der Waals surface area contributed by atoms with E-state index in [2.05, 4.69) is 26.2 Å². The van der Waals surface area contributed by atoms with E-state index in [-0.39, 0.29) is 11.5 Å². The lowest BCUT2D eigenvalue weighted by molar-refractivity contribution is -0.111. The number of benzene rings is 1. The van der Waals surface area contributed by atoms with Crippen LogP contribution in [0, 0.1) is 0 Å². The second-order valence-electron chi connectivity index (χ2n) is 4.15. The van der Waals surface area contributed by atoms with Crippen molar-refractivity contribution in [2.75, 3.05) is 5.32 Å². The number of aromatic nitrogens is 1. The van der Waals surface area contributed by atoms with Gasteiger partial charge in [0.1, 0.15) is 0 Å². The van der Waals surface area contributed by atoms with Crippen molar-refractivity contribution in [3.05, 3.63) is 64.4 Å². The Morgan fingerprint density at radius 3 is 2.76 bits per heavy atom. The average molecular weight is 347 g/mol. The van der Waals surface area contributed by atoms with Gasteiger partial charge in [0.15, 0.2) is 0 Å². The fourth-order valence-electron chi connectivity index (χ4n) is 1.59. The topological polar surface area (TPSA) is 79.3 Å². The molecule has 0 fully saturated rings. The lowest BCUT2D eigenvalue weighted by Crippen LogP contribution is -2.09. The second kappa shape index (κ2) is 6.81. The minimum absolute atomic E-state index is 0.0174. The van der Waals surface area contributed by atoms with Gasteiger partial charge in [-0.15, -0.1) is 0 Å². The number of anilines is 1. The third-order valence-corrected chi connectivity index (χ3v) is 3.02. The van der Waals surface area contributed by atoms with E-state index in [1.807, 2.05) is 24.3 Å². The number of nitrogens with one attached hydrogen (secondary N) is 1. The normalized spacial score (nSPS) is 10.5. The van der Waals surface area contributed by atoms with Crippen molar-refractivity contribution in [3.63, 3.8) is 0 Å². The summed E-state index contributed by atoms with van der Waals surface area (Å²) >= 11 is 3.35. The SMILES string of the molecule is O=C(C=Cc1cccc(Br)c1)Nc1cncc(C(=O)O)c1. The number of halogens is 1. The van der Waals surface area contributed by atoms with E-state index in [4.69, 9.17) is 5.11 Å². The highest BCUT2D eigenvalue weighted by atomic mass is 79.9. The zero-order valence-electron chi connectivity index (χ0n) is 10.8. The summed E-state index contributed by atoms with van der Waals surface area (Å²) < 4.78 is 0.920. The van der Waals surface area contributed by atoms with E-state index >= 15 is 0 Å². The summed E-state index contributed by atoms with van der Waals surface area (Å²) in [7, 11) is 0. The number of hydrogen-bond acceptors (Lipinski definition) is 3. The Kier molecular flexibility index (Phi) is 4.84. The summed E-state index contributed by atoms with van der Waals surface area (Å²) in [4.78, 5) is 26.3. The number of aromatic carboxylic acids is 1. The summed E-state index contributed by atoms with van der Waals surface area (Å²) in [6.07, 6.45) is 5.64. The van der Waals surface area contributed by atoms with Gasteiger partial charge in [-0.3, -0.25) is 9.78 Å². The molecule has 21 heavy (non-hydrogen) atoms. The molecule has 1 aromatic heterocycles. The average Bonchev–Trinajstić information content (AvgIpc) is 2.45. The van der Waals surface area contributed by atoms with Crippen LogP contribution in [0.3, 0.4) is 0 Å². The number of carbonyl (C=O) groups excluding carboxylic acids is 1. The number of carboxylic acid groups (broad SMARTS) is 1. The lowest BCUT2D eigenvalue weighted by atomic mass is 10.2. The molecule has 1 aromatic carbocycles. The number of nitrogens with zero attached hydrogens (tertiary/aromatic N) is 1. The van der Waals surface area contributed by atoms with Crippen molar-refractivity contribution >= 4 is 39.6 Å². The Balaban J connectivity index is 2.05. The van der Waals surface area contributed by atoms with Crippen molar-refractivity contribution in [1.82, 2.24) is 4.98 Å². The van der Waals surface area contributed by atoms with Gasteiger partial charge >= 0.3 is 5.97 Å². The molecule has 0 aliphatic carbocycles. The third-order valence-electron chi connectivity index (χ3n) is 2.53. The highest BCUT2D eigenvalue weighted by molar-refractivity contribution is 9.10. The maximum atomic E-state index is 11.8. The van der Waals surface area contributed by atoms with Gasteiger partial charge in [-0.05, 0) is 29.8 Å². The maximum Gasteiger partial charge on any atom is 0.337 e. The Morgan fingerprint density at radius 1 is 1.24 bits per heavy atom. The molecule has 0 spiro atoms. The van der Waals surface area contributed by atoms with Crippen LogP contribution in [0.25, 0.3) is 6.08 Å². The molecular weight excluding hydrogens is 336 g/mol. The highest BCUT2D eigenvalue weighted by Gasteiger charge is 2.05. The zero-order chi connectivity index (χ0) is 15.2. The first kappa shape index (κ1) is 14.9. The first-order valence-corrected chi connectivity index (χ1v) is 6.77. The molecule has 0 saturated carbocycles. The summed E-state index contributed by atoms with van der Waals surface area (Å²) in [5, 5.41) is 11.4. The van der Waals surface area contributed by atoms with E-state index < -0.39 is 5.97 Å². The molecule has 106 valence electrons. The van der Waals surface area contributed by atoms with Crippen LogP contribution in [0.2, 0.25) is 0 Å². The molecule has 2 N–H and O–H groups in total. The van der Waals surface area contributed by atoms with Crippen LogP contribution in [-0.4, -0.2) is 22.0 Å². The van der Waals surface area contributed by atoms with Crippen LogP contribution in [-0.2, 0) is 4.79 Å². The molecule has 0 unspecified atom stereocenters. The second-order valence-corrected chi connectivity index (χ2v) is 5.06. The molecule has 0 aliphatic rings. The zero-order valence-corrected chi connectivity index (χ0v) is 12.4. The van der Waals surface area contributed by atoms with Gasteiger partial charge in [-0.25, -0.2) is 4.79 Å². The summed E-state index contributed by atoms with van der Waals surface area (Å²) in [5.74, 6) is -1.46. The van der Waals surface area contributed by atoms with Crippen molar-refractivity contribution < 1.29 is 14.7 Å². The minimum Gasteiger partial charge on any atom is -0.478 e. The summed E-state index contributed by atoms with van der Waals surface area (Å²) in [5.41, 5.74) is 1.22. The number of hydrogen-bond donors (Lipinski definition) is 2. The molecule has 1 amide bonds. The van der Waals surface area contributed by atoms with E-state index in [1.165, 1.54) is 24.5 Å². The molecular formula is C15H11BrN2O3. The smallest absolute Gasteiger partial charge is 0.337 e. The molecule has 2 aromatic rings. The molecule has 0 atom stereocenters. The van der Waals surface area contributed by atoms with Crippen LogP contribution in [0.1, 0.15) is 15.9 Å². The molecule has 5 nitrogen and oxygen atoms in total. The van der Waals surface area contributed by atoms with Crippen LogP contribution in [0.4, 0.5) is 5.69 Å². The van der Waals surface area contributed by atoms with Crippen molar-refractivity contribution in [2.24, 2.45) is 0 Å². The lowest BCUT2D eigenvalue weighted by Gasteiger charge is -2.02. The first-order valence-electron chi connectivity index (χ1n) is 5.97. The number of rotatable bonds is 4. The third kappa shape index (κ3) is 4.54. The number of carboxylic acids is 1. The minimum atomic E-state index is -1.09. The Labute approximate surface area is 129 Å². The van der Waals surface area contributed by atoms with E-state index in [1.54, 1.807) is 6.08 Å². The molecule has 0 bridgehead atoms. The largest absolute Gasteiger partial charge is 0.478 e. The molecule has 0 saturated heterocycles. The molecule has 1 heterocycles. The van der Waals surface area contributed by atoms with Crippen LogP contribution < -0.4 is 5.32 Å². The van der Waals surface area contributed by atoms with Crippen LogP contribution in [0.15, 0.2) is 53.3 Å². The summed E-state index contributed by atoms with van der Waals surface area (Å²) in [6.45, 7) is 0. The summed E-state index contributed by atoms with van der Waals surface area (Å²) in [6, 6.07) is 8.83. The van der Waals surface area contributed by atoms with Gasteiger partial charge in [0, 0.05) is 16.7 Å². The van der Waals surface area contributed by atoms with Gasteiger partial charge in [0.25, 0.3) is 0 Å². The van der Waals surface area contributed by atoms with Crippen molar-refractivity contribution in [2.45, 2.75) is 0 Å². The van der Waals surface area contributed by atoms with E-state index in [0.29, 0.717) is 5.69 Å². The van der Waals surface area contributed by atoms with Gasteiger partial charge in [0.05, 0.1) is 17.4 Å². The molecule has 6 heteroatoms. The predicted molar refractivity (Wildman–Crippen MR) is 83.0 cm³/mol. The van der Waals surface area contributed by atoms with Crippen LogP contribution in [0.5, 0.6) is 0 Å². The quantitative estimate of drug-likeness (QED) is 0.833. The van der Waals surface area contributed by atoms with Crippen LogP contribution >= 0.6 is 15.9 Å². The maximum absolute atomic E-state index is 11.8. The monoisotopic (exact) mass is 346 g/mol. The number of amides is 1. The van der Waals surface area contributed by atoms with E-state index in [9.17, 15) is 9.59 Å². The first-order chi connectivity index (χ1) is 10.0. The predicted octanol–water partition coefficient (Wildman–Crippen LogP) is 3.19. The molecule has 2 rings (SSSR count). The fourth-order valence-corrected chi connectivity index (χ4v) is 2.01. The standard InChI is InChI=1S/C15H11BrN2O3/c16-12-3-1-2-10(6-12)4-5-14(19)18-13-7-11(15(20)21)8-17-9-13/h1-9H,(H,18,19)(H,20,21). The molecule has 0 radical (unpaired) electrons. The molecule has 0 aliphatic heterocycles. The van der Waals surface area contributed by atoms with Crippen molar-refractivity contribution in [3.8, 4) is 0 Å². The Hall–Kier alpha value is -2.47. The number of carbonyl (C=O) groups is 2. The number of pyridine rings is 1. The highest BCUT2D eigenvalue weighted by Crippen LogP contribution is 2.13. The Bertz CT molecular complexity index is 714. The van der Waals surface area contributed by atoms with Crippen molar-refractivity contribution in [1.29, 1.82) is 0 Å². The van der Waals surface area contributed by atoms with Gasteiger partial charge in [-0.1, -0.05) is 28.1 Å². The van der Waals surface area contributed by atoms with Gasteiger partial charge in [0.2, 0.25) is 5.91 Å².